The van der Waals surface area contributed by atoms with Gasteiger partial charge in [0.15, 0.2) is 11.5 Å². The van der Waals surface area contributed by atoms with Crippen molar-refractivity contribution in [2.45, 2.75) is 24.7 Å². The Balaban J connectivity index is 1.37. The Labute approximate surface area is 174 Å². The van der Waals surface area contributed by atoms with Crippen LogP contribution < -0.4 is 10.1 Å². The molecule has 3 heterocycles. The van der Waals surface area contributed by atoms with Gasteiger partial charge in [-0.15, -0.1) is 0 Å². The van der Waals surface area contributed by atoms with Crippen molar-refractivity contribution in [2.75, 3.05) is 33.5 Å². The van der Waals surface area contributed by atoms with Crippen molar-refractivity contribution in [2.24, 2.45) is 5.92 Å². The van der Waals surface area contributed by atoms with Gasteiger partial charge in [0.25, 0.3) is 0 Å². The van der Waals surface area contributed by atoms with Gasteiger partial charge in [0.2, 0.25) is 11.6 Å². The van der Waals surface area contributed by atoms with E-state index in [0.717, 1.165) is 0 Å². The van der Waals surface area contributed by atoms with Crippen molar-refractivity contribution in [1.82, 2.24) is 10.2 Å². The summed E-state index contributed by atoms with van der Waals surface area (Å²) in [5.41, 5.74) is -0.00128. The third-order valence-corrected chi connectivity index (χ3v) is 6.50. The highest BCUT2D eigenvalue weighted by molar-refractivity contribution is 6.25. The molecule has 2 saturated heterocycles. The monoisotopic (exact) mass is 412 g/mol. The highest BCUT2D eigenvalue weighted by atomic mass is 16.5. The number of hydrogen-bond acceptors (Lipinski definition) is 8. The second-order valence-electron chi connectivity index (χ2n) is 7.94. The number of piperazine rings is 1. The number of allylic oxidation sites excluding steroid dienone is 2. The van der Waals surface area contributed by atoms with E-state index in [-0.39, 0.29) is 54.8 Å². The number of ketones is 2. The zero-order valence-electron chi connectivity index (χ0n) is 16.9. The molecule has 0 saturated carbocycles. The number of Topliss-reactive ketones (excluding diaryl/α,β-unsaturated/α-hetero) is 2. The molecule has 4 atom stereocenters. The number of ether oxygens (including phenoxy) is 3. The quantitative estimate of drug-likeness (QED) is 0.376. The van der Waals surface area contributed by atoms with Gasteiger partial charge in [-0.1, -0.05) is 18.2 Å². The van der Waals surface area contributed by atoms with E-state index >= 15 is 0 Å². The average Bonchev–Trinajstić information content (AvgIpc) is 3.37. The lowest BCUT2D eigenvalue weighted by Crippen LogP contribution is -2.54. The SMILES string of the molecule is COC12C(CO)C3=C(C(=O)C(C)=C(OCCOc4ccccc4)C3=O)N1CC1NC12. The number of rotatable bonds is 7. The summed E-state index contributed by atoms with van der Waals surface area (Å²) in [5.74, 6) is -0.493. The summed E-state index contributed by atoms with van der Waals surface area (Å²) < 4.78 is 17.2. The molecule has 0 aromatic heterocycles. The van der Waals surface area contributed by atoms with E-state index in [1.54, 1.807) is 14.0 Å². The molecular weight excluding hydrogens is 388 g/mol. The van der Waals surface area contributed by atoms with Crippen LogP contribution in [0.1, 0.15) is 6.92 Å². The van der Waals surface area contributed by atoms with Crippen LogP contribution in [-0.4, -0.2) is 72.9 Å². The van der Waals surface area contributed by atoms with Crippen LogP contribution >= 0.6 is 0 Å². The van der Waals surface area contributed by atoms with Gasteiger partial charge in [0.05, 0.1) is 24.3 Å². The summed E-state index contributed by atoms with van der Waals surface area (Å²) in [7, 11) is 1.56. The highest BCUT2D eigenvalue weighted by Gasteiger charge is 2.72. The van der Waals surface area contributed by atoms with Crippen LogP contribution in [0.5, 0.6) is 5.75 Å². The number of benzene rings is 1. The van der Waals surface area contributed by atoms with E-state index < -0.39 is 11.6 Å². The molecule has 1 aliphatic carbocycles. The van der Waals surface area contributed by atoms with Crippen LogP contribution in [0, 0.1) is 5.92 Å². The average molecular weight is 412 g/mol. The first-order valence-electron chi connectivity index (χ1n) is 10.1. The van der Waals surface area contributed by atoms with Crippen LogP contribution in [0.4, 0.5) is 0 Å². The molecule has 8 nitrogen and oxygen atoms in total. The molecule has 3 aliphatic heterocycles. The maximum Gasteiger partial charge on any atom is 0.226 e. The zero-order chi connectivity index (χ0) is 21.0. The molecule has 158 valence electrons. The Morgan fingerprint density at radius 1 is 1.17 bits per heavy atom. The number of aliphatic hydroxyl groups is 1. The largest absolute Gasteiger partial charge is 0.490 e. The van der Waals surface area contributed by atoms with Crippen LogP contribution in [-0.2, 0) is 19.1 Å². The second-order valence-corrected chi connectivity index (χ2v) is 7.94. The molecular formula is C22H24N2O6. The molecule has 0 radical (unpaired) electrons. The van der Waals surface area contributed by atoms with Gasteiger partial charge in [0, 0.05) is 30.8 Å². The second kappa shape index (κ2) is 6.94. The Bertz CT molecular complexity index is 971. The molecule has 2 fully saturated rings. The third-order valence-electron chi connectivity index (χ3n) is 6.50. The van der Waals surface area contributed by atoms with E-state index in [2.05, 4.69) is 5.32 Å². The number of hydrogen-bond donors (Lipinski definition) is 2. The van der Waals surface area contributed by atoms with Gasteiger partial charge in [-0.25, -0.2) is 0 Å². The Hall–Kier alpha value is -2.68. The van der Waals surface area contributed by atoms with E-state index in [1.165, 1.54) is 0 Å². The fourth-order valence-corrected chi connectivity index (χ4v) is 5.12. The lowest BCUT2D eigenvalue weighted by molar-refractivity contribution is -0.137. The van der Waals surface area contributed by atoms with Crippen LogP contribution in [0.15, 0.2) is 52.9 Å². The highest BCUT2D eigenvalue weighted by Crippen LogP contribution is 2.55. The number of para-hydroxylation sites is 1. The van der Waals surface area contributed by atoms with Gasteiger partial charge in [-0.3, -0.25) is 9.59 Å². The number of carbonyl (C=O) groups is 2. The Kier molecular flexibility index (Phi) is 4.46. The zero-order valence-corrected chi connectivity index (χ0v) is 16.9. The molecule has 5 rings (SSSR count). The molecule has 2 N–H and O–H groups in total. The normalized spacial score (nSPS) is 31.7. The number of aliphatic hydroxyl groups excluding tert-OH is 1. The molecule has 0 bridgehead atoms. The van der Waals surface area contributed by atoms with Crippen molar-refractivity contribution in [3.8, 4) is 5.75 Å². The summed E-state index contributed by atoms with van der Waals surface area (Å²) in [6, 6.07) is 9.48. The van der Waals surface area contributed by atoms with Crippen LogP contribution in [0.3, 0.4) is 0 Å². The van der Waals surface area contributed by atoms with Crippen molar-refractivity contribution in [3.63, 3.8) is 0 Å². The van der Waals surface area contributed by atoms with Gasteiger partial charge >= 0.3 is 0 Å². The molecule has 0 amide bonds. The minimum Gasteiger partial charge on any atom is -0.490 e. The number of fused-ring (bicyclic) bond motifs is 4. The number of methoxy groups -OCH3 is 1. The minimum atomic E-state index is -0.915. The van der Waals surface area contributed by atoms with Crippen molar-refractivity contribution >= 4 is 11.6 Å². The summed E-state index contributed by atoms with van der Waals surface area (Å²) in [4.78, 5) is 28.4. The smallest absolute Gasteiger partial charge is 0.226 e. The maximum atomic E-state index is 13.4. The fraction of sp³-hybridized carbons (Fsp3) is 0.455. The topological polar surface area (TPSA) is 107 Å². The summed E-state index contributed by atoms with van der Waals surface area (Å²) in [5, 5.41) is 13.5. The van der Waals surface area contributed by atoms with E-state index in [0.29, 0.717) is 23.6 Å². The first-order chi connectivity index (χ1) is 14.5. The maximum absolute atomic E-state index is 13.4. The summed E-state index contributed by atoms with van der Waals surface area (Å²) in [6.07, 6.45) is 0. The molecule has 4 unspecified atom stereocenters. The molecule has 1 aromatic carbocycles. The van der Waals surface area contributed by atoms with Gasteiger partial charge in [0.1, 0.15) is 19.0 Å². The molecule has 1 aromatic rings. The lowest BCUT2D eigenvalue weighted by Gasteiger charge is -2.39. The van der Waals surface area contributed by atoms with E-state index in [1.807, 2.05) is 35.2 Å². The van der Waals surface area contributed by atoms with Crippen LogP contribution in [0.25, 0.3) is 0 Å². The minimum absolute atomic E-state index is 0.0187. The lowest BCUT2D eigenvalue weighted by atomic mass is 9.83. The molecule has 8 heteroatoms. The first kappa shape index (κ1) is 19.3. The Morgan fingerprint density at radius 2 is 1.90 bits per heavy atom. The van der Waals surface area contributed by atoms with E-state index in [9.17, 15) is 14.7 Å². The molecule has 4 aliphatic rings. The fourth-order valence-electron chi connectivity index (χ4n) is 5.12. The first-order valence-corrected chi connectivity index (χ1v) is 10.1. The van der Waals surface area contributed by atoms with Gasteiger partial charge in [-0.05, 0) is 19.1 Å². The third kappa shape index (κ3) is 2.50. The standard InChI is InChI=1S/C22H24N2O6/c1-12-18(26)17-16(14(11-25)22(28-2)21-15(23-21)10-24(17)22)19(27)20(12)30-9-8-29-13-6-4-3-5-7-13/h3-7,14-15,21,23,25H,8-11H2,1-2H3. The van der Waals surface area contributed by atoms with Gasteiger partial charge < -0.3 is 29.5 Å². The predicted octanol–water partition coefficient (Wildman–Crippen LogP) is 0.383. The summed E-state index contributed by atoms with van der Waals surface area (Å²) >= 11 is 0. The van der Waals surface area contributed by atoms with E-state index in [4.69, 9.17) is 14.2 Å². The van der Waals surface area contributed by atoms with Crippen molar-refractivity contribution < 1.29 is 28.9 Å². The predicted molar refractivity (Wildman–Crippen MR) is 105 cm³/mol. The molecule has 0 spiro atoms. The van der Waals surface area contributed by atoms with Crippen molar-refractivity contribution in [1.29, 1.82) is 0 Å². The number of carbonyl (C=O) groups excluding carboxylic acids is 2. The Morgan fingerprint density at radius 3 is 2.60 bits per heavy atom. The van der Waals surface area contributed by atoms with Gasteiger partial charge in [-0.2, -0.15) is 0 Å². The summed E-state index contributed by atoms with van der Waals surface area (Å²) in [6.45, 7) is 2.24. The van der Waals surface area contributed by atoms with Crippen molar-refractivity contribution in [3.05, 3.63) is 52.9 Å². The number of nitrogens with one attached hydrogen (secondary N) is 1. The number of nitrogens with zero attached hydrogens (tertiary/aromatic N) is 1. The molecule has 30 heavy (non-hydrogen) atoms. The van der Waals surface area contributed by atoms with Crippen LogP contribution in [0.2, 0.25) is 0 Å².